The number of halogens is 1. The quantitative estimate of drug-likeness (QED) is 0.494. The van der Waals surface area contributed by atoms with Gasteiger partial charge in [-0.2, -0.15) is 0 Å². The normalized spacial score (nSPS) is 11.0. The standard InChI is InChI=1S/C21H22FNOS/c1-2-3-4-5-6-15-7-9-16(10-8-15)21-23-14-20(25-21)17-11-12-19(24)18(22)13-17/h7-14,24H,2-6H2,1H3. The number of hydrogen-bond acceptors (Lipinski definition) is 3. The van der Waals surface area contributed by atoms with E-state index in [-0.39, 0.29) is 5.75 Å². The van der Waals surface area contributed by atoms with Crippen molar-refractivity contribution in [2.24, 2.45) is 0 Å². The van der Waals surface area contributed by atoms with Crippen molar-refractivity contribution in [3.8, 4) is 26.8 Å². The number of nitrogens with zero attached hydrogens (tertiary/aromatic N) is 1. The van der Waals surface area contributed by atoms with Gasteiger partial charge in [-0.1, -0.05) is 50.5 Å². The Kier molecular flexibility index (Phi) is 5.82. The fourth-order valence-electron chi connectivity index (χ4n) is 2.77. The minimum atomic E-state index is -0.611. The molecule has 25 heavy (non-hydrogen) atoms. The maximum absolute atomic E-state index is 13.5. The molecule has 0 atom stereocenters. The molecule has 1 aromatic heterocycles. The monoisotopic (exact) mass is 355 g/mol. The van der Waals surface area contributed by atoms with E-state index in [1.807, 2.05) is 0 Å². The number of phenols is 1. The second-order valence-electron chi connectivity index (χ2n) is 6.20. The summed E-state index contributed by atoms with van der Waals surface area (Å²) >= 11 is 1.52. The summed E-state index contributed by atoms with van der Waals surface area (Å²) in [5.41, 5.74) is 3.16. The van der Waals surface area contributed by atoms with E-state index in [0.29, 0.717) is 0 Å². The summed E-state index contributed by atoms with van der Waals surface area (Å²) in [6, 6.07) is 13.0. The SMILES string of the molecule is CCCCCCc1ccc(-c2ncc(-c3ccc(O)c(F)c3)s2)cc1. The third-order valence-corrected chi connectivity index (χ3v) is 5.35. The van der Waals surface area contributed by atoms with Crippen molar-refractivity contribution in [2.45, 2.75) is 39.0 Å². The second-order valence-corrected chi connectivity index (χ2v) is 7.23. The third kappa shape index (κ3) is 4.45. The minimum absolute atomic E-state index is 0.331. The highest BCUT2D eigenvalue weighted by molar-refractivity contribution is 7.18. The summed E-state index contributed by atoms with van der Waals surface area (Å²) in [6.45, 7) is 2.23. The molecule has 0 amide bonds. The first-order valence-electron chi connectivity index (χ1n) is 8.71. The van der Waals surface area contributed by atoms with Crippen LogP contribution in [0.1, 0.15) is 38.2 Å². The van der Waals surface area contributed by atoms with Gasteiger partial charge in [0.05, 0.1) is 4.88 Å². The molecular formula is C21H22FNOS. The lowest BCUT2D eigenvalue weighted by Gasteiger charge is -2.03. The maximum Gasteiger partial charge on any atom is 0.165 e. The molecule has 2 aromatic carbocycles. The van der Waals surface area contributed by atoms with Gasteiger partial charge < -0.3 is 5.11 Å². The van der Waals surface area contributed by atoms with Crippen molar-refractivity contribution in [3.63, 3.8) is 0 Å². The molecule has 2 nitrogen and oxygen atoms in total. The molecule has 1 heterocycles. The van der Waals surface area contributed by atoms with E-state index in [1.165, 1.54) is 54.7 Å². The van der Waals surface area contributed by atoms with Crippen molar-refractivity contribution >= 4 is 11.3 Å². The Hall–Kier alpha value is -2.20. The summed E-state index contributed by atoms with van der Waals surface area (Å²) in [7, 11) is 0. The molecule has 0 radical (unpaired) electrons. The predicted molar refractivity (Wildman–Crippen MR) is 102 cm³/mol. The van der Waals surface area contributed by atoms with Crippen molar-refractivity contribution in [2.75, 3.05) is 0 Å². The van der Waals surface area contributed by atoms with Gasteiger partial charge in [-0.05, 0) is 42.2 Å². The zero-order valence-electron chi connectivity index (χ0n) is 14.3. The highest BCUT2D eigenvalue weighted by atomic mass is 32.1. The Balaban J connectivity index is 1.70. The molecule has 0 saturated heterocycles. The molecule has 0 spiro atoms. The van der Waals surface area contributed by atoms with E-state index in [0.717, 1.165) is 27.4 Å². The number of hydrogen-bond donors (Lipinski definition) is 1. The van der Waals surface area contributed by atoms with Crippen molar-refractivity contribution in [3.05, 3.63) is 60.0 Å². The smallest absolute Gasteiger partial charge is 0.165 e. The van der Waals surface area contributed by atoms with Crippen molar-refractivity contribution in [1.82, 2.24) is 4.98 Å². The van der Waals surface area contributed by atoms with Crippen LogP contribution >= 0.6 is 11.3 Å². The zero-order valence-corrected chi connectivity index (χ0v) is 15.2. The van der Waals surface area contributed by atoms with Gasteiger partial charge in [0.1, 0.15) is 5.01 Å². The Morgan fingerprint density at radius 1 is 1.00 bits per heavy atom. The molecule has 0 aliphatic heterocycles. The molecule has 0 saturated carbocycles. The number of aryl methyl sites for hydroxylation is 1. The van der Waals surface area contributed by atoms with Gasteiger partial charge in [-0.15, -0.1) is 11.3 Å². The van der Waals surface area contributed by atoms with E-state index < -0.39 is 5.82 Å². The summed E-state index contributed by atoms with van der Waals surface area (Å²) in [5, 5.41) is 10.2. The van der Waals surface area contributed by atoms with Gasteiger partial charge in [0.2, 0.25) is 0 Å². The minimum Gasteiger partial charge on any atom is -0.505 e. The van der Waals surface area contributed by atoms with Crippen molar-refractivity contribution in [1.29, 1.82) is 0 Å². The van der Waals surface area contributed by atoms with Crippen LogP contribution in [0.5, 0.6) is 5.75 Å². The van der Waals surface area contributed by atoms with Crippen LogP contribution in [0.2, 0.25) is 0 Å². The van der Waals surface area contributed by atoms with Crippen LogP contribution in [-0.2, 0) is 6.42 Å². The van der Waals surface area contributed by atoms with Crippen LogP contribution in [0.15, 0.2) is 48.7 Å². The summed E-state index contributed by atoms with van der Waals surface area (Å²) in [4.78, 5) is 5.35. The predicted octanol–water partition coefficient (Wildman–Crippen LogP) is 6.44. The van der Waals surface area contributed by atoms with E-state index in [1.54, 1.807) is 12.3 Å². The Labute approximate surface area is 152 Å². The van der Waals surface area contributed by atoms with Crippen molar-refractivity contribution < 1.29 is 9.50 Å². The van der Waals surface area contributed by atoms with Crippen LogP contribution in [0.3, 0.4) is 0 Å². The number of aromatic hydroxyl groups is 1. The molecule has 0 bridgehead atoms. The molecule has 4 heteroatoms. The van der Waals surface area contributed by atoms with Gasteiger partial charge in [0.25, 0.3) is 0 Å². The van der Waals surface area contributed by atoms with Crippen LogP contribution in [-0.4, -0.2) is 10.1 Å². The Morgan fingerprint density at radius 2 is 1.76 bits per heavy atom. The summed E-state index contributed by atoms with van der Waals surface area (Å²) in [5.74, 6) is -0.942. The van der Waals surface area contributed by atoms with Gasteiger partial charge >= 0.3 is 0 Å². The number of phenolic OH excluding ortho intramolecular Hbond substituents is 1. The first kappa shape index (κ1) is 17.6. The molecule has 3 rings (SSSR count). The summed E-state index contributed by atoms with van der Waals surface area (Å²) < 4.78 is 13.5. The summed E-state index contributed by atoms with van der Waals surface area (Å²) in [6.07, 6.45) is 7.97. The van der Waals surface area contributed by atoms with Crippen LogP contribution in [0.4, 0.5) is 4.39 Å². The van der Waals surface area contributed by atoms with Gasteiger partial charge in [-0.25, -0.2) is 9.37 Å². The average Bonchev–Trinajstić information content (AvgIpc) is 3.12. The number of benzene rings is 2. The number of rotatable bonds is 7. The lowest BCUT2D eigenvalue weighted by Crippen LogP contribution is -1.86. The Bertz CT molecular complexity index is 826. The number of thiazole rings is 1. The molecule has 0 fully saturated rings. The van der Waals surface area contributed by atoms with Crippen LogP contribution < -0.4 is 0 Å². The van der Waals surface area contributed by atoms with Gasteiger partial charge in [0, 0.05) is 11.8 Å². The molecule has 3 aromatic rings. The topological polar surface area (TPSA) is 33.1 Å². The van der Waals surface area contributed by atoms with Crippen LogP contribution in [0.25, 0.3) is 21.0 Å². The third-order valence-electron chi connectivity index (χ3n) is 4.26. The molecular weight excluding hydrogens is 333 g/mol. The molecule has 0 aliphatic carbocycles. The Morgan fingerprint density at radius 3 is 2.48 bits per heavy atom. The molecule has 130 valence electrons. The lowest BCUT2D eigenvalue weighted by molar-refractivity contribution is 0.432. The van der Waals surface area contributed by atoms with E-state index >= 15 is 0 Å². The molecule has 0 unspecified atom stereocenters. The van der Waals surface area contributed by atoms with Gasteiger partial charge in [0.15, 0.2) is 11.6 Å². The molecule has 0 aliphatic rings. The first-order chi connectivity index (χ1) is 12.2. The molecule has 1 N–H and O–H groups in total. The number of unbranched alkanes of at least 4 members (excludes halogenated alkanes) is 3. The fourth-order valence-corrected chi connectivity index (χ4v) is 3.69. The second kappa shape index (κ2) is 8.26. The van der Waals surface area contributed by atoms with E-state index in [9.17, 15) is 9.50 Å². The highest BCUT2D eigenvalue weighted by Crippen LogP contribution is 2.33. The van der Waals surface area contributed by atoms with Gasteiger partial charge in [-0.3, -0.25) is 0 Å². The van der Waals surface area contributed by atoms with E-state index in [2.05, 4.69) is 36.2 Å². The maximum atomic E-state index is 13.5. The van der Waals surface area contributed by atoms with Crippen LogP contribution in [0, 0.1) is 5.82 Å². The first-order valence-corrected chi connectivity index (χ1v) is 9.53. The fraction of sp³-hybridized carbons (Fsp3) is 0.286. The number of aromatic nitrogens is 1. The lowest BCUT2D eigenvalue weighted by atomic mass is 10.0. The largest absolute Gasteiger partial charge is 0.505 e. The zero-order chi connectivity index (χ0) is 17.6. The average molecular weight is 355 g/mol. The van der Waals surface area contributed by atoms with E-state index in [4.69, 9.17) is 0 Å². The highest BCUT2D eigenvalue weighted by Gasteiger charge is 2.09.